The molecule has 1 aromatic carbocycles. The van der Waals surface area contributed by atoms with Gasteiger partial charge in [-0.15, -0.1) is 11.6 Å². The normalized spacial score (nSPS) is 9.81. The number of carbonyl (C=O) groups excluding carboxylic acids is 1. The Hall–Kier alpha value is -1.55. The molecule has 86 valence electrons. The van der Waals surface area contributed by atoms with Crippen LogP contribution >= 0.6 is 11.6 Å². The predicted octanol–water partition coefficient (Wildman–Crippen LogP) is 1.63. The highest BCUT2D eigenvalue weighted by Crippen LogP contribution is 2.07. The molecule has 0 aliphatic rings. The molecule has 0 aliphatic heterocycles. The third kappa shape index (κ3) is 3.90. The minimum absolute atomic E-state index is 0.0824. The van der Waals surface area contributed by atoms with Gasteiger partial charge < -0.3 is 10.4 Å². The van der Waals surface area contributed by atoms with E-state index in [1.54, 1.807) is 18.2 Å². The molecule has 0 atom stereocenters. The summed E-state index contributed by atoms with van der Waals surface area (Å²) in [5.74, 6) is -0.876. The van der Waals surface area contributed by atoms with Crippen LogP contribution in [0.25, 0.3) is 0 Å². The molecule has 0 radical (unpaired) electrons. The summed E-state index contributed by atoms with van der Waals surface area (Å²) in [6.07, 6.45) is -0.0824. The second-order valence-electron chi connectivity index (χ2n) is 3.23. The number of carboxylic acids is 1. The van der Waals surface area contributed by atoms with Crippen molar-refractivity contribution in [2.75, 3.05) is 6.54 Å². The molecule has 1 rings (SSSR count). The van der Waals surface area contributed by atoms with Crippen LogP contribution in [0.15, 0.2) is 24.3 Å². The van der Waals surface area contributed by atoms with Crippen LogP contribution in [-0.4, -0.2) is 23.5 Å². The summed E-state index contributed by atoms with van der Waals surface area (Å²) in [6, 6.07) is 6.90. The van der Waals surface area contributed by atoms with Gasteiger partial charge in [0.05, 0.1) is 6.42 Å². The van der Waals surface area contributed by atoms with Crippen molar-refractivity contribution in [1.29, 1.82) is 0 Å². The van der Waals surface area contributed by atoms with Crippen molar-refractivity contribution >= 4 is 23.5 Å². The van der Waals surface area contributed by atoms with Gasteiger partial charge in [0.15, 0.2) is 0 Å². The number of carboxylic acid groups (broad SMARTS) is 1. The van der Waals surface area contributed by atoms with Crippen LogP contribution < -0.4 is 5.32 Å². The first-order valence-corrected chi connectivity index (χ1v) is 5.32. The molecule has 0 aromatic heterocycles. The molecule has 0 saturated carbocycles. The van der Waals surface area contributed by atoms with E-state index in [-0.39, 0.29) is 18.9 Å². The van der Waals surface area contributed by atoms with Crippen molar-refractivity contribution in [3.05, 3.63) is 35.4 Å². The van der Waals surface area contributed by atoms with Gasteiger partial charge in [-0.3, -0.25) is 9.59 Å². The van der Waals surface area contributed by atoms with E-state index in [2.05, 4.69) is 5.32 Å². The Morgan fingerprint density at radius 3 is 2.75 bits per heavy atom. The Morgan fingerprint density at radius 1 is 1.38 bits per heavy atom. The molecule has 1 aromatic rings. The smallest absolute Gasteiger partial charge is 0.305 e. The molecule has 0 heterocycles. The molecular formula is C11H12ClNO3. The average molecular weight is 242 g/mol. The van der Waals surface area contributed by atoms with Crippen molar-refractivity contribution in [2.24, 2.45) is 0 Å². The molecule has 1 amide bonds. The Labute approximate surface area is 98.2 Å². The van der Waals surface area contributed by atoms with E-state index in [4.69, 9.17) is 16.7 Å². The molecule has 0 saturated heterocycles. The molecule has 0 fully saturated rings. The zero-order valence-corrected chi connectivity index (χ0v) is 9.33. The number of nitrogens with one attached hydrogen (secondary N) is 1. The van der Waals surface area contributed by atoms with Gasteiger partial charge in [-0.2, -0.15) is 0 Å². The lowest BCUT2D eigenvalue weighted by Crippen LogP contribution is -2.26. The summed E-state index contributed by atoms with van der Waals surface area (Å²) in [5, 5.41) is 10.9. The maximum absolute atomic E-state index is 11.5. The van der Waals surface area contributed by atoms with Crippen LogP contribution in [0.3, 0.4) is 0 Å². The van der Waals surface area contributed by atoms with Gasteiger partial charge in [0, 0.05) is 18.0 Å². The maximum Gasteiger partial charge on any atom is 0.305 e. The second-order valence-corrected chi connectivity index (χ2v) is 3.50. The lowest BCUT2D eigenvalue weighted by Gasteiger charge is -2.04. The number of aliphatic carboxylic acids is 1. The first-order chi connectivity index (χ1) is 7.63. The van der Waals surface area contributed by atoms with Crippen LogP contribution in [0.1, 0.15) is 22.3 Å². The van der Waals surface area contributed by atoms with Gasteiger partial charge in [0.1, 0.15) is 0 Å². The van der Waals surface area contributed by atoms with Gasteiger partial charge in [-0.05, 0) is 17.7 Å². The number of hydrogen-bond acceptors (Lipinski definition) is 2. The van der Waals surface area contributed by atoms with Gasteiger partial charge in [0.25, 0.3) is 5.91 Å². The van der Waals surface area contributed by atoms with E-state index in [1.165, 1.54) is 0 Å². The van der Waals surface area contributed by atoms with Crippen LogP contribution in [0, 0.1) is 0 Å². The standard InChI is InChI=1S/C11H12ClNO3/c12-7-8-2-1-3-9(6-8)11(16)13-5-4-10(14)15/h1-3,6H,4-5,7H2,(H,13,16)(H,14,15). The molecule has 5 heteroatoms. The number of hydrogen-bond donors (Lipinski definition) is 2. The number of carbonyl (C=O) groups is 2. The molecule has 16 heavy (non-hydrogen) atoms. The van der Waals surface area contributed by atoms with Crippen molar-refractivity contribution in [3.63, 3.8) is 0 Å². The average Bonchev–Trinajstić information content (AvgIpc) is 2.28. The van der Waals surface area contributed by atoms with Crippen molar-refractivity contribution < 1.29 is 14.7 Å². The van der Waals surface area contributed by atoms with E-state index < -0.39 is 5.97 Å². The van der Waals surface area contributed by atoms with Crippen LogP contribution in [-0.2, 0) is 10.7 Å². The third-order valence-corrected chi connectivity index (χ3v) is 2.28. The van der Waals surface area contributed by atoms with Gasteiger partial charge in [0.2, 0.25) is 0 Å². The fourth-order valence-electron chi connectivity index (χ4n) is 1.18. The summed E-state index contributed by atoms with van der Waals surface area (Å²) in [6.45, 7) is 0.124. The summed E-state index contributed by atoms with van der Waals surface area (Å²) >= 11 is 5.64. The summed E-state index contributed by atoms with van der Waals surface area (Å²) in [7, 11) is 0. The SMILES string of the molecule is O=C(O)CCNC(=O)c1cccc(CCl)c1. The van der Waals surface area contributed by atoms with E-state index in [0.29, 0.717) is 11.4 Å². The fraction of sp³-hybridized carbons (Fsp3) is 0.273. The fourth-order valence-corrected chi connectivity index (χ4v) is 1.35. The Kier molecular flexibility index (Phi) is 4.79. The lowest BCUT2D eigenvalue weighted by molar-refractivity contribution is -0.136. The van der Waals surface area contributed by atoms with Gasteiger partial charge in [-0.1, -0.05) is 12.1 Å². The van der Waals surface area contributed by atoms with Gasteiger partial charge >= 0.3 is 5.97 Å². The number of halogens is 1. The minimum atomic E-state index is -0.935. The van der Waals surface area contributed by atoms with E-state index in [9.17, 15) is 9.59 Å². The first kappa shape index (κ1) is 12.5. The third-order valence-electron chi connectivity index (χ3n) is 1.97. The predicted molar refractivity (Wildman–Crippen MR) is 60.6 cm³/mol. The Balaban J connectivity index is 2.55. The van der Waals surface area contributed by atoms with Crippen molar-refractivity contribution in [1.82, 2.24) is 5.32 Å². The molecule has 0 aliphatic carbocycles. The highest BCUT2D eigenvalue weighted by Gasteiger charge is 2.06. The largest absolute Gasteiger partial charge is 0.481 e. The van der Waals surface area contributed by atoms with Gasteiger partial charge in [-0.25, -0.2) is 0 Å². The van der Waals surface area contributed by atoms with E-state index in [0.717, 1.165) is 5.56 Å². The van der Waals surface area contributed by atoms with Crippen LogP contribution in [0.2, 0.25) is 0 Å². The highest BCUT2D eigenvalue weighted by atomic mass is 35.5. The summed E-state index contributed by atoms with van der Waals surface area (Å²) in [4.78, 5) is 21.8. The number of amides is 1. The quantitative estimate of drug-likeness (QED) is 0.770. The molecular weight excluding hydrogens is 230 g/mol. The zero-order valence-electron chi connectivity index (χ0n) is 8.57. The summed E-state index contributed by atoms with van der Waals surface area (Å²) < 4.78 is 0. The zero-order chi connectivity index (χ0) is 12.0. The molecule has 0 bridgehead atoms. The van der Waals surface area contributed by atoms with Crippen LogP contribution in [0.4, 0.5) is 0 Å². The molecule has 0 spiro atoms. The Morgan fingerprint density at radius 2 is 2.12 bits per heavy atom. The number of benzene rings is 1. The number of alkyl halides is 1. The highest BCUT2D eigenvalue weighted by molar-refractivity contribution is 6.17. The minimum Gasteiger partial charge on any atom is -0.481 e. The monoisotopic (exact) mass is 241 g/mol. The second kappa shape index (κ2) is 6.12. The van der Waals surface area contributed by atoms with Crippen LogP contribution in [0.5, 0.6) is 0 Å². The molecule has 0 unspecified atom stereocenters. The van der Waals surface area contributed by atoms with Crippen molar-refractivity contribution in [2.45, 2.75) is 12.3 Å². The van der Waals surface area contributed by atoms with E-state index >= 15 is 0 Å². The number of rotatable bonds is 5. The molecule has 4 nitrogen and oxygen atoms in total. The lowest BCUT2D eigenvalue weighted by atomic mass is 10.1. The maximum atomic E-state index is 11.5. The Bertz CT molecular complexity index is 393. The topological polar surface area (TPSA) is 66.4 Å². The van der Waals surface area contributed by atoms with Crippen molar-refractivity contribution in [3.8, 4) is 0 Å². The van der Waals surface area contributed by atoms with E-state index in [1.807, 2.05) is 6.07 Å². The first-order valence-electron chi connectivity index (χ1n) is 4.78. The molecule has 2 N–H and O–H groups in total. The summed E-state index contributed by atoms with van der Waals surface area (Å²) in [5.41, 5.74) is 1.34.